The smallest absolute Gasteiger partial charge is 0.0840 e. The van der Waals surface area contributed by atoms with Crippen molar-refractivity contribution in [1.82, 2.24) is 0 Å². The molecule has 1 fully saturated rings. The van der Waals surface area contributed by atoms with Gasteiger partial charge in [0.05, 0.1) is 22.4 Å². The highest BCUT2D eigenvalue weighted by Gasteiger charge is 2.30. The first-order chi connectivity index (χ1) is 15.4. The minimum absolute atomic E-state index is 0.367. The van der Waals surface area contributed by atoms with E-state index >= 15 is 0 Å². The van der Waals surface area contributed by atoms with Crippen LogP contribution in [0.4, 0.5) is 0 Å². The van der Waals surface area contributed by atoms with Gasteiger partial charge in [0.25, 0.3) is 0 Å². The lowest BCUT2D eigenvalue weighted by molar-refractivity contribution is 0.0703. The number of benzene rings is 2. The molecule has 1 aliphatic rings. The van der Waals surface area contributed by atoms with E-state index in [0.29, 0.717) is 11.8 Å². The molecule has 0 aromatic heterocycles. The van der Waals surface area contributed by atoms with Gasteiger partial charge >= 0.3 is 0 Å². The van der Waals surface area contributed by atoms with E-state index in [1.807, 2.05) is 12.1 Å². The fourth-order valence-electron chi connectivity index (χ4n) is 4.95. The maximum absolute atomic E-state index is 10.7. The number of rotatable bonds is 6. The molecule has 0 bridgehead atoms. The van der Waals surface area contributed by atoms with Gasteiger partial charge in [-0.3, -0.25) is 0 Å². The Labute approximate surface area is 205 Å². The van der Waals surface area contributed by atoms with Gasteiger partial charge < -0.3 is 20.4 Å². The van der Waals surface area contributed by atoms with Gasteiger partial charge in [0, 0.05) is 0 Å². The Morgan fingerprint density at radius 2 is 0.647 bits per heavy atom. The second-order valence-electron chi connectivity index (χ2n) is 12.5. The maximum Gasteiger partial charge on any atom is 0.0840 e. The first-order valence-corrected chi connectivity index (χ1v) is 12.6. The molecule has 3 rings (SSSR count). The summed E-state index contributed by atoms with van der Waals surface area (Å²) >= 11 is 0. The van der Waals surface area contributed by atoms with Gasteiger partial charge in [0.1, 0.15) is 0 Å². The number of aliphatic hydroxyl groups is 4. The molecule has 0 spiro atoms. The summed E-state index contributed by atoms with van der Waals surface area (Å²) in [4.78, 5) is 0. The van der Waals surface area contributed by atoms with E-state index in [4.69, 9.17) is 0 Å². The molecule has 1 aliphatic carbocycles. The molecular weight excluding hydrogens is 424 g/mol. The van der Waals surface area contributed by atoms with Gasteiger partial charge in [-0.1, -0.05) is 36.4 Å². The Bertz CT molecular complexity index is 854. The minimum atomic E-state index is -0.974. The van der Waals surface area contributed by atoms with Crippen molar-refractivity contribution in [2.45, 2.75) is 115 Å². The summed E-state index contributed by atoms with van der Waals surface area (Å²) in [6.45, 7) is 14.3. The van der Waals surface area contributed by atoms with Crippen LogP contribution in [0.2, 0.25) is 0 Å². The van der Waals surface area contributed by atoms with Crippen molar-refractivity contribution < 1.29 is 20.4 Å². The van der Waals surface area contributed by atoms with E-state index in [1.165, 1.54) is 11.1 Å². The first-order valence-electron chi connectivity index (χ1n) is 12.6. The number of hydrogen-bond donors (Lipinski definition) is 4. The summed E-state index contributed by atoms with van der Waals surface area (Å²) in [7, 11) is 0. The van der Waals surface area contributed by atoms with Crippen LogP contribution in [0.3, 0.4) is 0 Å². The molecule has 0 radical (unpaired) electrons. The summed E-state index contributed by atoms with van der Waals surface area (Å²) in [5, 5.41) is 42.6. The van der Waals surface area contributed by atoms with Crippen LogP contribution in [0.1, 0.15) is 126 Å². The lowest BCUT2D eigenvalue weighted by Crippen LogP contribution is -2.23. The van der Waals surface area contributed by atoms with E-state index in [1.54, 1.807) is 55.4 Å². The summed E-state index contributed by atoms with van der Waals surface area (Å²) in [5.74, 6) is 0.733. The Hall–Kier alpha value is -1.72. The molecule has 34 heavy (non-hydrogen) atoms. The van der Waals surface area contributed by atoms with E-state index in [-0.39, 0.29) is 0 Å². The van der Waals surface area contributed by atoms with Crippen LogP contribution in [0.25, 0.3) is 0 Å². The summed E-state index contributed by atoms with van der Waals surface area (Å²) in [6, 6.07) is 12.2. The third kappa shape index (κ3) is 6.28. The zero-order valence-corrected chi connectivity index (χ0v) is 22.2. The fourth-order valence-corrected chi connectivity index (χ4v) is 4.95. The van der Waals surface area contributed by atoms with Gasteiger partial charge in [-0.15, -0.1) is 0 Å². The van der Waals surface area contributed by atoms with Crippen molar-refractivity contribution in [1.29, 1.82) is 0 Å². The van der Waals surface area contributed by atoms with Crippen LogP contribution in [-0.2, 0) is 22.4 Å². The Morgan fingerprint density at radius 3 is 0.824 bits per heavy atom. The monoisotopic (exact) mass is 468 g/mol. The normalized spacial score (nSPS) is 20.5. The standard InChI is InChI=1S/C30H44O4/c1-27(2,31)23-13-21(14-24(17-23)28(3,4)32)19-9-11-20(12-10-19)22-15-25(29(5,6)33)18-26(16-22)30(7,8)34/h13-20,31-34H,9-12H2,1-8H3. The molecule has 0 aliphatic heterocycles. The van der Waals surface area contributed by atoms with Crippen LogP contribution >= 0.6 is 0 Å². The predicted octanol–water partition coefficient (Wildman–Crippen LogP) is 6.04. The van der Waals surface area contributed by atoms with Crippen LogP contribution in [0, 0.1) is 0 Å². The molecule has 4 nitrogen and oxygen atoms in total. The molecule has 0 unspecified atom stereocenters. The largest absolute Gasteiger partial charge is 0.386 e. The van der Waals surface area contributed by atoms with E-state index in [2.05, 4.69) is 24.3 Å². The Kier molecular flexibility index (Phi) is 7.16. The average molecular weight is 469 g/mol. The Morgan fingerprint density at radius 1 is 0.441 bits per heavy atom. The van der Waals surface area contributed by atoms with Crippen molar-refractivity contribution in [3.63, 3.8) is 0 Å². The van der Waals surface area contributed by atoms with E-state index < -0.39 is 22.4 Å². The molecule has 1 saturated carbocycles. The molecule has 188 valence electrons. The highest BCUT2D eigenvalue weighted by molar-refractivity contribution is 5.40. The summed E-state index contributed by atoms with van der Waals surface area (Å²) in [6.07, 6.45) is 4.04. The maximum atomic E-state index is 10.7. The van der Waals surface area contributed by atoms with Gasteiger partial charge in [0.2, 0.25) is 0 Å². The lowest BCUT2D eigenvalue weighted by atomic mass is 9.73. The van der Waals surface area contributed by atoms with Crippen molar-refractivity contribution in [3.05, 3.63) is 69.8 Å². The number of hydrogen-bond acceptors (Lipinski definition) is 4. The van der Waals surface area contributed by atoms with Crippen LogP contribution in [0.5, 0.6) is 0 Å². The van der Waals surface area contributed by atoms with Gasteiger partial charge in [-0.25, -0.2) is 0 Å². The quantitative estimate of drug-likeness (QED) is 0.417. The zero-order valence-electron chi connectivity index (χ0n) is 22.2. The van der Waals surface area contributed by atoms with Crippen molar-refractivity contribution >= 4 is 0 Å². The zero-order chi connectivity index (χ0) is 25.7. The van der Waals surface area contributed by atoms with Crippen molar-refractivity contribution in [2.24, 2.45) is 0 Å². The molecule has 4 heteroatoms. The second kappa shape index (κ2) is 9.05. The molecule has 0 amide bonds. The first kappa shape index (κ1) is 26.9. The van der Waals surface area contributed by atoms with Crippen LogP contribution in [-0.4, -0.2) is 20.4 Å². The third-order valence-electron chi connectivity index (χ3n) is 7.41. The molecule has 0 heterocycles. The Balaban J connectivity index is 1.89. The molecule has 0 saturated heterocycles. The summed E-state index contributed by atoms with van der Waals surface area (Å²) < 4.78 is 0. The van der Waals surface area contributed by atoms with Crippen molar-refractivity contribution in [2.75, 3.05) is 0 Å². The van der Waals surface area contributed by atoms with Crippen LogP contribution in [0.15, 0.2) is 36.4 Å². The third-order valence-corrected chi connectivity index (χ3v) is 7.41. The molecule has 2 aromatic rings. The fraction of sp³-hybridized carbons (Fsp3) is 0.600. The molecular formula is C30H44O4. The van der Waals surface area contributed by atoms with Crippen molar-refractivity contribution in [3.8, 4) is 0 Å². The van der Waals surface area contributed by atoms with E-state index in [9.17, 15) is 20.4 Å². The van der Waals surface area contributed by atoms with E-state index in [0.717, 1.165) is 47.9 Å². The predicted molar refractivity (Wildman–Crippen MR) is 138 cm³/mol. The second-order valence-corrected chi connectivity index (χ2v) is 12.5. The topological polar surface area (TPSA) is 80.9 Å². The van der Waals surface area contributed by atoms with Gasteiger partial charge in [-0.05, 0) is 126 Å². The lowest BCUT2D eigenvalue weighted by Gasteiger charge is -2.33. The highest BCUT2D eigenvalue weighted by Crippen LogP contribution is 2.43. The van der Waals surface area contributed by atoms with Crippen LogP contribution < -0.4 is 0 Å². The van der Waals surface area contributed by atoms with Gasteiger partial charge in [0.15, 0.2) is 0 Å². The molecule has 4 N–H and O–H groups in total. The van der Waals surface area contributed by atoms with Gasteiger partial charge in [-0.2, -0.15) is 0 Å². The average Bonchev–Trinajstić information content (AvgIpc) is 2.70. The molecule has 2 aromatic carbocycles. The highest BCUT2D eigenvalue weighted by atomic mass is 16.3. The SMILES string of the molecule is CC(C)(O)c1cc(C2CCC(c3cc(C(C)(C)O)cc(C(C)(C)O)c3)CC2)cc(C(C)(C)O)c1. The molecule has 0 atom stereocenters. The summed E-state index contributed by atoms with van der Waals surface area (Å²) in [5.41, 5.74) is 1.78. The minimum Gasteiger partial charge on any atom is -0.386 e.